The molecule has 2 aromatic rings. The van der Waals surface area contributed by atoms with Crippen LogP contribution < -0.4 is 15.2 Å². The average molecular weight is 312 g/mol. The van der Waals surface area contributed by atoms with Crippen molar-refractivity contribution >= 4 is 5.69 Å². The van der Waals surface area contributed by atoms with Gasteiger partial charge in [0.2, 0.25) is 0 Å². The summed E-state index contributed by atoms with van der Waals surface area (Å²) in [4.78, 5) is 2.38. The fourth-order valence-corrected chi connectivity index (χ4v) is 2.97. The minimum atomic E-state index is -0.166. The van der Waals surface area contributed by atoms with Gasteiger partial charge in [0, 0.05) is 37.8 Å². The molecule has 0 radical (unpaired) electrons. The van der Waals surface area contributed by atoms with Crippen molar-refractivity contribution in [3.05, 3.63) is 54.6 Å². The van der Waals surface area contributed by atoms with E-state index in [9.17, 15) is 0 Å². The van der Waals surface area contributed by atoms with Gasteiger partial charge in [0.05, 0.1) is 0 Å². The summed E-state index contributed by atoms with van der Waals surface area (Å²) < 4.78 is 11.9. The first kappa shape index (κ1) is 15.7. The van der Waals surface area contributed by atoms with Crippen LogP contribution in [0.2, 0.25) is 0 Å². The fraction of sp³-hybridized carbons (Fsp3) is 0.368. The number of benzene rings is 2. The lowest BCUT2D eigenvalue weighted by Gasteiger charge is -2.26. The molecule has 0 aliphatic carbocycles. The van der Waals surface area contributed by atoms with Crippen molar-refractivity contribution in [1.82, 2.24) is 4.90 Å². The molecule has 122 valence electrons. The molecule has 0 amide bonds. The molecule has 0 saturated carbocycles. The van der Waals surface area contributed by atoms with Gasteiger partial charge in [0.15, 0.2) is 0 Å². The summed E-state index contributed by atoms with van der Waals surface area (Å²) >= 11 is 0. The van der Waals surface area contributed by atoms with Gasteiger partial charge in [-0.15, -0.1) is 0 Å². The van der Waals surface area contributed by atoms with E-state index in [0.717, 1.165) is 43.2 Å². The number of ether oxygens (including phenoxy) is 2. The largest absolute Gasteiger partial charge is 0.492 e. The molecule has 1 saturated heterocycles. The number of anilines is 1. The standard InChI is InChI=1S/C19H24N2O2/c1-19(23-18-9-5-6-16(20)14-18)10-11-21(15-19)12-13-22-17-7-3-2-4-8-17/h2-9,14H,10-13,15,20H2,1H3. The van der Waals surface area contributed by atoms with Crippen LogP contribution in [-0.4, -0.2) is 36.7 Å². The van der Waals surface area contributed by atoms with E-state index in [2.05, 4.69) is 11.8 Å². The van der Waals surface area contributed by atoms with Crippen molar-refractivity contribution in [3.8, 4) is 11.5 Å². The number of para-hydroxylation sites is 1. The maximum atomic E-state index is 6.18. The van der Waals surface area contributed by atoms with Crippen LogP contribution in [0.15, 0.2) is 54.6 Å². The molecule has 1 atom stereocenters. The first-order valence-corrected chi connectivity index (χ1v) is 8.08. The summed E-state index contributed by atoms with van der Waals surface area (Å²) in [7, 11) is 0. The first-order valence-electron chi connectivity index (χ1n) is 8.08. The molecule has 3 rings (SSSR count). The molecule has 2 aromatic carbocycles. The van der Waals surface area contributed by atoms with E-state index in [1.54, 1.807) is 0 Å². The van der Waals surface area contributed by atoms with Gasteiger partial charge in [-0.2, -0.15) is 0 Å². The normalized spacial score (nSPS) is 21.3. The number of nitrogens with zero attached hydrogens (tertiary/aromatic N) is 1. The molecular weight excluding hydrogens is 288 g/mol. The smallest absolute Gasteiger partial charge is 0.122 e. The minimum absolute atomic E-state index is 0.166. The van der Waals surface area contributed by atoms with Gasteiger partial charge in [0.25, 0.3) is 0 Å². The topological polar surface area (TPSA) is 47.7 Å². The zero-order chi connectivity index (χ0) is 16.1. The van der Waals surface area contributed by atoms with Gasteiger partial charge in [0.1, 0.15) is 23.7 Å². The number of nitrogen functional groups attached to an aromatic ring is 1. The third-order valence-electron chi connectivity index (χ3n) is 4.16. The first-order chi connectivity index (χ1) is 11.1. The van der Waals surface area contributed by atoms with E-state index in [-0.39, 0.29) is 5.60 Å². The zero-order valence-electron chi connectivity index (χ0n) is 13.6. The summed E-state index contributed by atoms with van der Waals surface area (Å²) in [5, 5.41) is 0. The Kier molecular flexibility index (Phi) is 4.72. The summed E-state index contributed by atoms with van der Waals surface area (Å²) in [6.07, 6.45) is 1.01. The van der Waals surface area contributed by atoms with E-state index >= 15 is 0 Å². The Balaban J connectivity index is 1.47. The molecule has 0 spiro atoms. The van der Waals surface area contributed by atoms with Crippen LogP contribution in [-0.2, 0) is 0 Å². The highest BCUT2D eigenvalue weighted by Crippen LogP contribution is 2.28. The highest BCUT2D eigenvalue weighted by Gasteiger charge is 2.35. The zero-order valence-corrected chi connectivity index (χ0v) is 13.6. The van der Waals surface area contributed by atoms with Crippen molar-refractivity contribution in [2.75, 3.05) is 32.0 Å². The molecule has 1 fully saturated rings. The number of hydrogen-bond donors (Lipinski definition) is 1. The predicted octanol–water partition coefficient (Wildman–Crippen LogP) is 3.19. The number of nitrogens with two attached hydrogens (primary N) is 1. The third-order valence-corrected chi connectivity index (χ3v) is 4.16. The van der Waals surface area contributed by atoms with Gasteiger partial charge < -0.3 is 15.2 Å². The number of rotatable bonds is 6. The molecule has 4 heteroatoms. The lowest BCUT2D eigenvalue weighted by atomic mass is 10.1. The van der Waals surface area contributed by atoms with Crippen molar-refractivity contribution in [2.45, 2.75) is 18.9 Å². The molecule has 2 N–H and O–H groups in total. The Morgan fingerprint density at radius 1 is 1.09 bits per heavy atom. The maximum Gasteiger partial charge on any atom is 0.122 e. The van der Waals surface area contributed by atoms with E-state index in [1.807, 2.05) is 54.6 Å². The highest BCUT2D eigenvalue weighted by atomic mass is 16.5. The highest BCUT2D eigenvalue weighted by molar-refractivity contribution is 5.43. The van der Waals surface area contributed by atoms with Gasteiger partial charge in [-0.3, -0.25) is 4.90 Å². The number of hydrogen-bond acceptors (Lipinski definition) is 4. The average Bonchev–Trinajstić information content (AvgIpc) is 2.89. The van der Waals surface area contributed by atoms with E-state index in [4.69, 9.17) is 15.2 Å². The van der Waals surface area contributed by atoms with Gasteiger partial charge in [-0.05, 0) is 31.2 Å². The molecule has 0 bridgehead atoms. The molecule has 0 aromatic heterocycles. The Morgan fingerprint density at radius 2 is 1.87 bits per heavy atom. The van der Waals surface area contributed by atoms with Crippen LogP contribution in [0.5, 0.6) is 11.5 Å². The van der Waals surface area contributed by atoms with Crippen molar-refractivity contribution in [2.24, 2.45) is 0 Å². The second-order valence-corrected chi connectivity index (χ2v) is 6.31. The lowest BCUT2D eigenvalue weighted by Crippen LogP contribution is -2.37. The third kappa shape index (κ3) is 4.39. The summed E-state index contributed by atoms with van der Waals surface area (Å²) in [6.45, 7) is 5.69. The molecule has 1 unspecified atom stereocenters. The Bertz CT molecular complexity index is 632. The Hall–Kier alpha value is -2.20. The second kappa shape index (κ2) is 6.92. The summed E-state index contributed by atoms with van der Waals surface area (Å²) in [6, 6.07) is 17.6. The van der Waals surface area contributed by atoms with Crippen LogP contribution >= 0.6 is 0 Å². The van der Waals surface area contributed by atoms with Crippen LogP contribution in [0.1, 0.15) is 13.3 Å². The quantitative estimate of drug-likeness (QED) is 0.832. The molecule has 23 heavy (non-hydrogen) atoms. The minimum Gasteiger partial charge on any atom is -0.492 e. The monoisotopic (exact) mass is 312 g/mol. The van der Waals surface area contributed by atoms with Crippen LogP contribution in [0.4, 0.5) is 5.69 Å². The summed E-state index contributed by atoms with van der Waals surface area (Å²) in [5.41, 5.74) is 6.38. The fourth-order valence-electron chi connectivity index (χ4n) is 2.97. The van der Waals surface area contributed by atoms with Crippen LogP contribution in [0, 0.1) is 0 Å². The Labute approximate surface area is 137 Å². The lowest BCUT2D eigenvalue weighted by molar-refractivity contribution is 0.0936. The SMILES string of the molecule is CC1(Oc2cccc(N)c2)CCN(CCOc2ccccc2)C1. The van der Waals surface area contributed by atoms with E-state index in [1.165, 1.54) is 0 Å². The molecule has 4 nitrogen and oxygen atoms in total. The molecule has 1 aliphatic rings. The number of likely N-dealkylation sites (tertiary alicyclic amines) is 1. The molecule has 1 heterocycles. The van der Waals surface area contributed by atoms with Gasteiger partial charge >= 0.3 is 0 Å². The summed E-state index contributed by atoms with van der Waals surface area (Å²) in [5.74, 6) is 1.76. The van der Waals surface area contributed by atoms with E-state index < -0.39 is 0 Å². The van der Waals surface area contributed by atoms with E-state index in [0.29, 0.717) is 6.61 Å². The molecular formula is C19H24N2O2. The van der Waals surface area contributed by atoms with Gasteiger partial charge in [-0.1, -0.05) is 24.3 Å². The van der Waals surface area contributed by atoms with Crippen LogP contribution in [0.3, 0.4) is 0 Å². The second-order valence-electron chi connectivity index (χ2n) is 6.31. The molecule has 1 aliphatic heterocycles. The Morgan fingerprint density at radius 3 is 2.65 bits per heavy atom. The maximum absolute atomic E-state index is 6.18. The van der Waals surface area contributed by atoms with Crippen molar-refractivity contribution in [1.29, 1.82) is 0 Å². The van der Waals surface area contributed by atoms with Crippen molar-refractivity contribution in [3.63, 3.8) is 0 Å². The predicted molar refractivity (Wildman–Crippen MR) is 92.9 cm³/mol. The van der Waals surface area contributed by atoms with Crippen molar-refractivity contribution < 1.29 is 9.47 Å². The van der Waals surface area contributed by atoms with Crippen LogP contribution in [0.25, 0.3) is 0 Å². The van der Waals surface area contributed by atoms with Gasteiger partial charge in [-0.25, -0.2) is 0 Å².